The third-order valence-electron chi connectivity index (χ3n) is 4.98. The van der Waals surface area contributed by atoms with Gasteiger partial charge in [0.1, 0.15) is 11.5 Å². The monoisotopic (exact) mass is 494 g/mol. The number of hydrogen-bond donors (Lipinski definition) is 1. The van der Waals surface area contributed by atoms with Crippen LogP contribution in [0.3, 0.4) is 0 Å². The number of thioether (sulfide) groups is 1. The van der Waals surface area contributed by atoms with Gasteiger partial charge in [0.25, 0.3) is 0 Å². The van der Waals surface area contributed by atoms with Gasteiger partial charge in [-0.1, -0.05) is 53.2 Å². The maximum absolute atomic E-state index is 12.7. The van der Waals surface area contributed by atoms with Gasteiger partial charge in [-0.15, -0.1) is 10.2 Å². The van der Waals surface area contributed by atoms with Crippen LogP contribution in [0.4, 0.5) is 5.69 Å². The van der Waals surface area contributed by atoms with Crippen LogP contribution in [-0.4, -0.2) is 40.6 Å². The van der Waals surface area contributed by atoms with Crippen LogP contribution in [0.5, 0.6) is 11.5 Å². The predicted molar refractivity (Wildman–Crippen MR) is 135 cm³/mol. The molecule has 1 amide bonds. The van der Waals surface area contributed by atoms with Gasteiger partial charge in [0.2, 0.25) is 5.91 Å². The normalized spacial score (nSPS) is 10.7. The van der Waals surface area contributed by atoms with Gasteiger partial charge in [-0.3, -0.25) is 9.36 Å². The minimum absolute atomic E-state index is 0.138. The van der Waals surface area contributed by atoms with Crippen LogP contribution in [0.2, 0.25) is 5.02 Å². The van der Waals surface area contributed by atoms with Crippen LogP contribution >= 0.6 is 23.4 Å². The lowest BCUT2D eigenvalue weighted by Crippen LogP contribution is -2.14. The van der Waals surface area contributed by atoms with E-state index in [0.29, 0.717) is 33.2 Å². The minimum atomic E-state index is -0.192. The average Bonchev–Trinajstić information content (AvgIpc) is 3.27. The van der Waals surface area contributed by atoms with E-state index in [1.54, 1.807) is 32.4 Å². The number of aromatic nitrogens is 3. The van der Waals surface area contributed by atoms with Crippen LogP contribution in [0, 0.1) is 6.92 Å². The fraction of sp³-hybridized carbons (Fsp3) is 0.160. The molecule has 1 heterocycles. The summed E-state index contributed by atoms with van der Waals surface area (Å²) in [7, 11) is 3.12. The van der Waals surface area contributed by atoms with E-state index in [4.69, 9.17) is 21.1 Å². The Balaban J connectivity index is 1.58. The lowest BCUT2D eigenvalue weighted by molar-refractivity contribution is -0.113. The zero-order valence-electron chi connectivity index (χ0n) is 18.9. The molecule has 0 saturated heterocycles. The summed E-state index contributed by atoms with van der Waals surface area (Å²) in [6.45, 7) is 2.03. The number of carbonyl (C=O) groups excluding carboxylic acids is 1. The van der Waals surface area contributed by atoms with Gasteiger partial charge in [0.15, 0.2) is 11.0 Å². The van der Waals surface area contributed by atoms with Crippen LogP contribution in [0.25, 0.3) is 17.1 Å². The number of halogens is 1. The van der Waals surface area contributed by atoms with Crippen molar-refractivity contribution in [1.29, 1.82) is 0 Å². The Morgan fingerprint density at radius 3 is 2.35 bits per heavy atom. The van der Waals surface area contributed by atoms with Crippen molar-refractivity contribution in [1.82, 2.24) is 14.8 Å². The van der Waals surface area contributed by atoms with Crippen molar-refractivity contribution in [3.05, 3.63) is 77.3 Å². The maximum Gasteiger partial charge on any atom is 0.234 e. The zero-order chi connectivity index (χ0) is 24.1. The summed E-state index contributed by atoms with van der Waals surface area (Å²) in [5.74, 6) is 1.77. The van der Waals surface area contributed by atoms with Gasteiger partial charge in [-0.2, -0.15) is 0 Å². The standard InChI is InChI=1S/C25H23ClN4O3S/c1-16-7-9-20(10-8-16)30-24(17-5-4-6-18(26)11-17)28-29-25(30)34-15-23(31)27-19-12-21(32-2)14-22(13-19)33-3/h4-14H,15H2,1-3H3,(H,27,31). The quantitative estimate of drug-likeness (QED) is 0.319. The fourth-order valence-corrected chi connectivity index (χ4v) is 4.25. The molecule has 174 valence electrons. The van der Waals surface area contributed by atoms with Crippen LogP contribution in [0.1, 0.15) is 5.56 Å². The first-order valence-corrected chi connectivity index (χ1v) is 11.8. The molecule has 0 aliphatic rings. The molecule has 0 saturated carbocycles. The van der Waals surface area contributed by atoms with E-state index >= 15 is 0 Å². The molecule has 0 unspecified atom stereocenters. The van der Waals surface area contributed by atoms with E-state index in [2.05, 4.69) is 15.5 Å². The third-order valence-corrected chi connectivity index (χ3v) is 6.14. The van der Waals surface area contributed by atoms with E-state index in [9.17, 15) is 4.79 Å². The van der Waals surface area contributed by atoms with Gasteiger partial charge in [-0.05, 0) is 31.2 Å². The summed E-state index contributed by atoms with van der Waals surface area (Å²) < 4.78 is 12.5. The highest BCUT2D eigenvalue weighted by Crippen LogP contribution is 2.30. The van der Waals surface area contributed by atoms with Crippen LogP contribution in [-0.2, 0) is 4.79 Å². The maximum atomic E-state index is 12.7. The number of anilines is 1. The third kappa shape index (κ3) is 5.52. The summed E-state index contributed by atoms with van der Waals surface area (Å²) in [6.07, 6.45) is 0. The number of hydrogen-bond acceptors (Lipinski definition) is 6. The molecular formula is C25H23ClN4O3S. The van der Waals surface area contributed by atoms with Gasteiger partial charge in [-0.25, -0.2) is 0 Å². The summed E-state index contributed by atoms with van der Waals surface area (Å²) in [4.78, 5) is 12.7. The second-order valence-electron chi connectivity index (χ2n) is 7.43. The van der Waals surface area contributed by atoms with E-state index < -0.39 is 0 Å². The molecule has 0 fully saturated rings. The first kappa shape index (κ1) is 23.7. The Bertz CT molecular complexity index is 1290. The molecule has 9 heteroatoms. The average molecular weight is 495 g/mol. The molecule has 1 aromatic heterocycles. The Morgan fingerprint density at radius 2 is 1.71 bits per heavy atom. The zero-order valence-corrected chi connectivity index (χ0v) is 20.5. The number of aryl methyl sites for hydroxylation is 1. The number of carbonyl (C=O) groups is 1. The van der Waals surface area contributed by atoms with Gasteiger partial charge >= 0.3 is 0 Å². The summed E-state index contributed by atoms with van der Waals surface area (Å²) in [5, 5.41) is 12.9. The lowest BCUT2D eigenvalue weighted by atomic mass is 10.2. The molecular weight excluding hydrogens is 472 g/mol. The van der Waals surface area contributed by atoms with Crippen molar-refractivity contribution in [3.8, 4) is 28.6 Å². The smallest absolute Gasteiger partial charge is 0.234 e. The number of rotatable bonds is 8. The lowest BCUT2D eigenvalue weighted by Gasteiger charge is -2.12. The Kier molecular flexibility index (Phi) is 7.40. The van der Waals surface area contributed by atoms with Gasteiger partial charge in [0.05, 0.1) is 20.0 Å². The number of amides is 1. The summed E-state index contributed by atoms with van der Waals surface area (Å²) >= 11 is 7.51. The molecule has 0 radical (unpaired) electrons. The number of methoxy groups -OCH3 is 2. The summed E-state index contributed by atoms with van der Waals surface area (Å²) in [5.41, 5.74) is 3.45. The first-order valence-electron chi connectivity index (χ1n) is 10.4. The predicted octanol–water partition coefficient (Wildman–Crippen LogP) is 5.64. The van der Waals surface area contributed by atoms with Crippen molar-refractivity contribution in [2.45, 2.75) is 12.1 Å². The molecule has 0 aliphatic carbocycles. The minimum Gasteiger partial charge on any atom is -0.497 e. The van der Waals surface area contributed by atoms with Crippen LogP contribution in [0.15, 0.2) is 71.9 Å². The molecule has 0 atom stereocenters. The number of benzene rings is 3. The molecule has 0 bridgehead atoms. The van der Waals surface area contributed by atoms with E-state index in [1.807, 2.05) is 60.0 Å². The molecule has 4 rings (SSSR count). The molecule has 7 nitrogen and oxygen atoms in total. The van der Waals surface area contributed by atoms with E-state index in [0.717, 1.165) is 16.8 Å². The van der Waals surface area contributed by atoms with Crippen LogP contribution < -0.4 is 14.8 Å². The Labute approximate surface area is 207 Å². The van der Waals surface area contributed by atoms with Crippen molar-refractivity contribution in [2.75, 3.05) is 25.3 Å². The Hall–Kier alpha value is -3.49. The molecule has 34 heavy (non-hydrogen) atoms. The van der Waals surface area contributed by atoms with Crippen molar-refractivity contribution >= 4 is 35.0 Å². The first-order chi connectivity index (χ1) is 16.5. The van der Waals surface area contributed by atoms with Crippen molar-refractivity contribution in [2.24, 2.45) is 0 Å². The second kappa shape index (κ2) is 10.6. The number of ether oxygens (including phenoxy) is 2. The fourth-order valence-electron chi connectivity index (χ4n) is 3.31. The number of nitrogens with zero attached hydrogens (tertiary/aromatic N) is 3. The molecule has 4 aromatic rings. The topological polar surface area (TPSA) is 78.3 Å². The van der Waals surface area contributed by atoms with Crippen molar-refractivity contribution in [3.63, 3.8) is 0 Å². The van der Waals surface area contributed by atoms with E-state index in [1.165, 1.54) is 11.8 Å². The molecule has 1 N–H and O–H groups in total. The summed E-state index contributed by atoms with van der Waals surface area (Å²) in [6, 6.07) is 20.7. The highest BCUT2D eigenvalue weighted by molar-refractivity contribution is 7.99. The molecule has 0 spiro atoms. The largest absolute Gasteiger partial charge is 0.497 e. The van der Waals surface area contributed by atoms with Crippen molar-refractivity contribution < 1.29 is 14.3 Å². The van der Waals surface area contributed by atoms with Gasteiger partial charge in [0, 0.05) is 40.2 Å². The molecule has 3 aromatic carbocycles. The highest BCUT2D eigenvalue weighted by atomic mass is 35.5. The second-order valence-corrected chi connectivity index (χ2v) is 8.80. The highest BCUT2D eigenvalue weighted by Gasteiger charge is 2.18. The number of nitrogens with one attached hydrogen (secondary N) is 1. The Morgan fingerprint density at radius 1 is 1.00 bits per heavy atom. The van der Waals surface area contributed by atoms with E-state index in [-0.39, 0.29) is 11.7 Å². The SMILES string of the molecule is COc1cc(NC(=O)CSc2nnc(-c3cccc(Cl)c3)n2-c2ccc(C)cc2)cc(OC)c1. The van der Waals surface area contributed by atoms with Gasteiger partial charge < -0.3 is 14.8 Å². The molecule has 0 aliphatic heterocycles.